The minimum absolute atomic E-state index is 0.190. The minimum atomic E-state index is -1.23. The molecule has 0 radical (unpaired) electrons. The molecule has 0 saturated heterocycles. The smallest absolute Gasteiger partial charge is 0.336 e. The molecule has 0 spiro atoms. The third kappa shape index (κ3) is 13.3. The van der Waals surface area contributed by atoms with Crippen molar-refractivity contribution in [2.24, 2.45) is 5.92 Å². The Kier molecular flexibility index (Phi) is 16.1. The fourth-order valence-electron chi connectivity index (χ4n) is 3.19. The van der Waals surface area contributed by atoms with E-state index >= 15 is 0 Å². The maximum Gasteiger partial charge on any atom is 0.336 e. The van der Waals surface area contributed by atoms with Gasteiger partial charge >= 0.3 is 11.9 Å². The molecule has 0 saturated carbocycles. The van der Waals surface area contributed by atoms with Crippen LogP contribution in [-0.2, 0) is 0 Å². The molecule has 2 N–H and O–H groups in total. The summed E-state index contributed by atoms with van der Waals surface area (Å²) >= 11 is 0. The second kappa shape index (κ2) is 17.3. The fourth-order valence-corrected chi connectivity index (χ4v) is 3.19. The third-order valence-corrected chi connectivity index (χ3v) is 4.99. The van der Waals surface area contributed by atoms with E-state index in [1.165, 1.54) is 101 Å². The summed E-state index contributed by atoms with van der Waals surface area (Å²) in [6.45, 7) is 7.02. The molecule has 1 aromatic rings. The number of rotatable bonds is 14. The highest BCUT2D eigenvalue weighted by Gasteiger charge is 2.13. The van der Waals surface area contributed by atoms with Gasteiger partial charge in [0.2, 0.25) is 0 Å². The zero-order valence-electron chi connectivity index (χ0n) is 18.1. The Hall–Kier alpha value is -1.84. The highest BCUT2D eigenvalue weighted by Crippen LogP contribution is 2.17. The zero-order valence-corrected chi connectivity index (χ0v) is 18.1. The molecular formula is C24H40O4. The van der Waals surface area contributed by atoms with Gasteiger partial charge in [-0.05, 0) is 18.1 Å². The van der Waals surface area contributed by atoms with E-state index in [-0.39, 0.29) is 11.1 Å². The summed E-state index contributed by atoms with van der Waals surface area (Å²) in [5.41, 5.74) is -0.380. The van der Waals surface area contributed by atoms with Gasteiger partial charge < -0.3 is 10.2 Å². The molecule has 0 fully saturated rings. The molecule has 160 valence electrons. The van der Waals surface area contributed by atoms with Crippen LogP contribution < -0.4 is 0 Å². The van der Waals surface area contributed by atoms with Crippen LogP contribution in [0, 0.1) is 5.92 Å². The van der Waals surface area contributed by atoms with E-state index in [4.69, 9.17) is 10.2 Å². The van der Waals surface area contributed by atoms with Crippen molar-refractivity contribution in [1.82, 2.24) is 0 Å². The SMILES string of the molecule is CCCCCCCCC(C)CCCCCC.O=C(O)c1ccccc1C(=O)O. The molecule has 28 heavy (non-hydrogen) atoms. The van der Waals surface area contributed by atoms with E-state index in [1.54, 1.807) is 0 Å². The Morgan fingerprint density at radius 3 is 1.46 bits per heavy atom. The molecule has 0 aromatic heterocycles. The first kappa shape index (κ1) is 26.2. The van der Waals surface area contributed by atoms with Gasteiger partial charge in [-0.15, -0.1) is 0 Å². The maximum absolute atomic E-state index is 10.5. The van der Waals surface area contributed by atoms with Crippen molar-refractivity contribution < 1.29 is 19.8 Å². The second-order valence-corrected chi connectivity index (χ2v) is 7.67. The van der Waals surface area contributed by atoms with Crippen molar-refractivity contribution in [1.29, 1.82) is 0 Å². The van der Waals surface area contributed by atoms with Gasteiger partial charge in [0.1, 0.15) is 0 Å². The number of hydrogen-bond donors (Lipinski definition) is 2. The predicted octanol–water partition coefficient (Wildman–Crippen LogP) is 7.43. The lowest BCUT2D eigenvalue weighted by Crippen LogP contribution is -2.06. The minimum Gasteiger partial charge on any atom is -0.478 e. The molecule has 1 aromatic carbocycles. The van der Waals surface area contributed by atoms with Crippen molar-refractivity contribution >= 4 is 11.9 Å². The Balaban J connectivity index is 0.000000540. The van der Waals surface area contributed by atoms with Gasteiger partial charge in [0.05, 0.1) is 11.1 Å². The van der Waals surface area contributed by atoms with Crippen molar-refractivity contribution in [2.45, 2.75) is 97.8 Å². The summed E-state index contributed by atoms with van der Waals surface area (Å²) < 4.78 is 0. The van der Waals surface area contributed by atoms with Crippen LogP contribution in [0.5, 0.6) is 0 Å². The Labute approximate surface area is 171 Å². The van der Waals surface area contributed by atoms with Crippen molar-refractivity contribution in [2.75, 3.05) is 0 Å². The van der Waals surface area contributed by atoms with Gasteiger partial charge in [0.25, 0.3) is 0 Å². The molecule has 0 heterocycles. The molecule has 0 aliphatic carbocycles. The number of carboxylic acid groups (broad SMARTS) is 2. The second-order valence-electron chi connectivity index (χ2n) is 7.67. The number of hydrogen-bond acceptors (Lipinski definition) is 2. The first-order valence-electron chi connectivity index (χ1n) is 11.0. The molecule has 4 nitrogen and oxygen atoms in total. The largest absolute Gasteiger partial charge is 0.478 e. The molecule has 4 heteroatoms. The number of benzene rings is 1. The Morgan fingerprint density at radius 2 is 1.07 bits per heavy atom. The Morgan fingerprint density at radius 1 is 0.714 bits per heavy atom. The van der Waals surface area contributed by atoms with Gasteiger partial charge in [0, 0.05) is 0 Å². The monoisotopic (exact) mass is 392 g/mol. The van der Waals surface area contributed by atoms with E-state index in [0.29, 0.717) is 0 Å². The van der Waals surface area contributed by atoms with Crippen LogP contribution in [0.3, 0.4) is 0 Å². The molecule has 0 aliphatic rings. The van der Waals surface area contributed by atoms with Crippen LogP contribution in [-0.4, -0.2) is 22.2 Å². The molecule has 0 bridgehead atoms. The van der Waals surface area contributed by atoms with E-state index in [9.17, 15) is 9.59 Å². The summed E-state index contributed by atoms with van der Waals surface area (Å²) in [5, 5.41) is 17.1. The summed E-state index contributed by atoms with van der Waals surface area (Å²) in [7, 11) is 0. The lowest BCUT2D eigenvalue weighted by Gasteiger charge is -2.10. The number of carbonyl (C=O) groups is 2. The highest BCUT2D eigenvalue weighted by atomic mass is 16.4. The average Bonchev–Trinajstić information content (AvgIpc) is 2.68. The Bertz CT molecular complexity index is 506. The van der Waals surface area contributed by atoms with E-state index in [2.05, 4.69) is 20.8 Å². The summed E-state index contributed by atoms with van der Waals surface area (Å²) in [6.07, 6.45) is 17.3. The van der Waals surface area contributed by atoms with Crippen LogP contribution in [0.15, 0.2) is 24.3 Å². The summed E-state index contributed by atoms with van der Waals surface area (Å²) in [4.78, 5) is 20.9. The molecule has 0 aliphatic heterocycles. The maximum atomic E-state index is 10.5. The highest BCUT2D eigenvalue weighted by molar-refractivity contribution is 6.01. The number of unbranched alkanes of at least 4 members (excludes halogenated alkanes) is 8. The lowest BCUT2D eigenvalue weighted by molar-refractivity contribution is 0.0651. The zero-order chi connectivity index (χ0) is 21.2. The van der Waals surface area contributed by atoms with Gasteiger partial charge in [-0.1, -0.05) is 110 Å². The predicted molar refractivity (Wildman–Crippen MR) is 116 cm³/mol. The molecule has 0 amide bonds. The first-order valence-corrected chi connectivity index (χ1v) is 11.0. The van der Waals surface area contributed by atoms with Crippen molar-refractivity contribution in [3.05, 3.63) is 35.4 Å². The van der Waals surface area contributed by atoms with Crippen LogP contribution in [0.2, 0.25) is 0 Å². The first-order chi connectivity index (χ1) is 13.4. The summed E-state index contributed by atoms with van der Waals surface area (Å²) in [6, 6.07) is 5.48. The molecule has 1 atom stereocenters. The van der Waals surface area contributed by atoms with Crippen LogP contribution >= 0.6 is 0 Å². The van der Waals surface area contributed by atoms with Gasteiger partial charge in [-0.3, -0.25) is 0 Å². The van der Waals surface area contributed by atoms with Crippen LogP contribution in [0.1, 0.15) is 119 Å². The molecule has 1 unspecified atom stereocenters. The van der Waals surface area contributed by atoms with Gasteiger partial charge in [-0.25, -0.2) is 9.59 Å². The van der Waals surface area contributed by atoms with Crippen LogP contribution in [0.25, 0.3) is 0 Å². The van der Waals surface area contributed by atoms with Gasteiger partial charge in [-0.2, -0.15) is 0 Å². The third-order valence-electron chi connectivity index (χ3n) is 4.99. The molecular weight excluding hydrogens is 352 g/mol. The fraction of sp³-hybridized carbons (Fsp3) is 0.667. The van der Waals surface area contributed by atoms with E-state index in [1.807, 2.05) is 0 Å². The lowest BCUT2D eigenvalue weighted by atomic mass is 9.96. The average molecular weight is 393 g/mol. The quantitative estimate of drug-likeness (QED) is 0.323. The topological polar surface area (TPSA) is 74.6 Å². The number of carboxylic acids is 2. The summed E-state index contributed by atoms with van der Waals surface area (Å²) in [5.74, 6) is -1.48. The number of aromatic carboxylic acids is 2. The van der Waals surface area contributed by atoms with Crippen molar-refractivity contribution in [3.63, 3.8) is 0 Å². The van der Waals surface area contributed by atoms with Gasteiger partial charge in [0.15, 0.2) is 0 Å². The van der Waals surface area contributed by atoms with E-state index in [0.717, 1.165) is 5.92 Å². The molecule has 1 rings (SSSR count). The normalized spacial score (nSPS) is 11.4. The van der Waals surface area contributed by atoms with Crippen molar-refractivity contribution in [3.8, 4) is 0 Å². The van der Waals surface area contributed by atoms with E-state index < -0.39 is 11.9 Å². The van der Waals surface area contributed by atoms with Crippen LogP contribution in [0.4, 0.5) is 0 Å². The standard InChI is InChI=1S/C16H34.C8H6O4/c1-4-6-8-10-11-13-15-16(3)14-12-9-7-5-2;9-7(10)5-3-1-2-4-6(5)8(11)12/h16H,4-15H2,1-3H3;1-4H,(H,9,10)(H,11,12).